The second kappa shape index (κ2) is 12.8. The lowest BCUT2D eigenvalue weighted by Gasteiger charge is -2.04. The molecule has 0 radical (unpaired) electrons. The van der Waals surface area contributed by atoms with Gasteiger partial charge in [-0.15, -0.1) is 0 Å². The first-order chi connectivity index (χ1) is 10.0. The number of carbonyl (C=O) groups is 1. The van der Waals surface area contributed by atoms with Gasteiger partial charge < -0.3 is 4.18 Å². The molecule has 21 heavy (non-hydrogen) atoms. The molecule has 0 aliphatic carbocycles. The summed E-state index contributed by atoms with van der Waals surface area (Å²) in [5, 5.41) is 0. The predicted molar refractivity (Wildman–Crippen MR) is 83.0 cm³/mol. The summed E-state index contributed by atoms with van der Waals surface area (Å²) in [6.07, 6.45) is 12.3. The number of carbonyl (C=O) groups excluding carboxylic acids is 1. The Balaban J connectivity index is 3.39. The lowest BCUT2D eigenvalue weighted by atomic mass is 10.1. The van der Waals surface area contributed by atoms with E-state index in [1.165, 1.54) is 44.9 Å². The minimum atomic E-state index is -4.22. The standard InChI is InChI=1S/C15H28O5S/c1-3-5-6-7-8-9-10-11-12-13-14-19-21(17,18)20-15(16)4-2/h4H,2-3,5-14H2,1H3. The molecule has 0 heterocycles. The minimum absolute atomic E-state index is 0.0449. The van der Waals surface area contributed by atoms with E-state index in [-0.39, 0.29) is 6.61 Å². The van der Waals surface area contributed by atoms with Crippen LogP contribution < -0.4 is 0 Å². The van der Waals surface area contributed by atoms with Crippen LogP contribution in [-0.4, -0.2) is 21.0 Å². The predicted octanol–water partition coefficient (Wildman–Crippen LogP) is 3.90. The minimum Gasteiger partial charge on any atom is -0.321 e. The Kier molecular flexibility index (Phi) is 12.3. The van der Waals surface area contributed by atoms with Gasteiger partial charge in [0.25, 0.3) is 0 Å². The monoisotopic (exact) mass is 320 g/mol. The highest BCUT2D eigenvalue weighted by atomic mass is 32.3. The van der Waals surface area contributed by atoms with E-state index in [0.717, 1.165) is 18.9 Å². The van der Waals surface area contributed by atoms with Gasteiger partial charge in [0.2, 0.25) is 0 Å². The molecule has 124 valence electrons. The summed E-state index contributed by atoms with van der Waals surface area (Å²) in [6, 6.07) is 0. The fraction of sp³-hybridized carbons (Fsp3) is 0.800. The van der Waals surface area contributed by atoms with Crippen LogP contribution in [0.1, 0.15) is 71.1 Å². The zero-order valence-corrected chi connectivity index (χ0v) is 13.8. The van der Waals surface area contributed by atoms with Crippen molar-refractivity contribution in [2.24, 2.45) is 0 Å². The van der Waals surface area contributed by atoms with Crippen LogP contribution in [0.4, 0.5) is 0 Å². The molecular formula is C15H28O5S. The average molecular weight is 320 g/mol. The van der Waals surface area contributed by atoms with E-state index >= 15 is 0 Å². The molecule has 0 aromatic carbocycles. The summed E-state index contributed by atoms with van der Waals surface area (Å²) >= 11 is 0. The van der Waals surface area contributed by atoms with E-state index in [9.17, 15) is 13.2 Å². The molecular weight excluding hydrogens is 292 g/mol. The number of hydrogen-bond acceptors (Lipinski definition) is 5. The van der Waals surface area contributed by atoms with Crippen LogP contribution in [0.25, 0.3) is 0 Å². The van der Waals surface area contributed by atoms with E-state index in [2.05, 4.69) is 21.9 Å². The Bertz CT molecular complexity index is 376. The molecule has 0 N–H and O–H groups in total. The fourth-order valence-corrected chi connectivity index (χ4v) is 2.55. The molecule has 6 heteroatoms. The molecule has 0 rings (SSSR count). The summed E-state index contributed by atoms with van der Waals surface area (Å²) in [7, 11) is -4.22. The van der Waals surface area contributed by atoms with Gasteiger partial charge in [-0.25, -0.2) is 8.98 Å². The summed E-state index contributed by atoms with van der Waals surface area (Å²) in [6.45, 7) is 5.37. The smallest absolute Gasteiger partial charge is 0.321 e. The van der Waals surface area contributed by atoms with Gasteiger partial charge in [-0.05, 0) is 6.42 Å². The van der Waals surface area contributed by atoms with E-state index in [4.69, 9.17) is 0 Å². The molecule has 0 bridgehead atoms. The quantitative estimate of drug-likeness (QED) is 0.358. The second-order valence-corrected chi connectivity index (χ2v) is 6.24. The maximum Gasteiger partial charge on any atom is 0.451 e. The van der Waals surface area contributed by atoms with Crippen molar-refractivity contribution in [3.63, 3.8) is 0 Å². The summed E-state index contributed by atoms with van der Waals surface area (Å²) in [5.41, 5.74) is 0. The number of rotatable bonds is 14. The number of hydrogen-bond donors (Lipinski definition) is 0. The van der Waals surface area contributed by atoms with Crippen molar-refractivity contribution < 1.29 is 21.6 Å². The van der Waals surface area contributed by atoms with E-state index in [0.29, 0.717) is 6.42 Å². The molecule has 0 atom stereocenters. The van der Waals surface area contributed by atoms with Crippen molar-refractivity contribution in [2.75, 3.05) is 6.61 Å². The van der Waals surface area contributed by atoms with Crippen LogP contribution >= 0.6 is 0 Å². The molecule has 0 aromatic rings. The topological polar surface area (TPSA) is 69.7 Å². The van der Waals surface area contributed by atoms with Crippen molar-refractivity contribution >= 4 is 16.4 Å². The lowest BCUT2D eigenvalue weighted by molar-refractivity contribution is -0.129. The average Bonchev–Trinajstić information content (AvgIpc) is 2.44. The Morgan fingerprint density at radius 3 is 1.90 bits per heavy atom. The van der Waals surface area contributed by atoms with E-state index in [1.54, 1.807) is 0 Å². The third-order valence-corrected chi connectivity index (χ3v) is 3.90. The van der Waals surface area contributed by atoms with Gasteiger partial charge in [0, 0.05) is 6.08 Å². The normalized spacial score (nSPS) is 11.3. The summed E-state index contributed by atoms with van der Waals surface area (Å²) in [4.78, 5) is 10.7. The van der Waals surface area contributed by atoms with E-state index in [1.807, 2.05) is 0 Å². The van der Waals surface area contributed by atoms with Gasteiger partial charge in [0.05, 0.1) is 6.61 Å². The van der Waals surface area contributed by atoms with Crippen LogP contribution in [0.3, 0.4) is 0 Å². The van der Waals surface area contributed by atoms with Crippen LogP contribution in [0.5, 0.6) is 0 Å². The molecule has 0 aliphatic heterocycles. The Morgan fingerprint density at radius 1 is 0.952 bits per heavy atom. The van der Waals surface area contributed by atoms with Gasteiger partial charge in [0.1, 0.15) is 0 Å². The molecule has 0 unspecified atom stereocenters. The molecule has 5 nitrogen and oxygen atoms in total. The van der Waals surface area contributed by atoms with Crippen LogP contribution in [0.15, 0.2) is 12.7 Å². The third kappa shape index (κ3) is 13.8. The van der Waals surface area contributed by atoms with Gasteiger partial charge in [-0.3, -0.25) is 0 Å². The van der Waals surface area contributed by atoms with Gasteiger partial charge in [-0.2, -0.15) is 8.42 Å². The summed E-state index contributed by atoms with van der Waals surface area (Å²) in [5.74, 6) is -1.03. The first kappa shape index (κ1) is 20.1. The SMILES string of the molecule is C=CC(=O)OS(=O)(=O)OCCCCCCCCCCCC. The Hall–Kier alpha value is -0.880. The first-order valence-electron chi connectivity index (χ1n) is 7.77. The van der Waals surface area contributed by atoms with Crippen molar-refractivity contribution in [2.45, 2.75) is 71.1 Å². The van der Waals surface area contributed by atoms with Crippen molar-refractivity contribution in [3.8, 4) is 0 Å². The van der Waals surface area contributed by atoms with Gasteiger partial charge in [-0.1, -0.05) is 71.3 Å². The maximum atomic E-state index is 11.1. The molecule has 0 aliphatic rings. The first-order valence-corrected chi connectivity index (χ1v) is 9.10. The molecule has 0 aromatic heterocycles. The lowest BCUT2D eigenvalue weighted by Crippen LogP contribution is -2.14. The maximum absolute atomic E-state index is 11.1. The zero-order valence-electron chi connectivity index (χ0n) is 13.0. The summed E-state index contributed by atoms with van der Waals surface area (Å²) < 4.78 is 30.9. The largest absolute Gasteiger partial charge is 0.451 e. The molecule has 0 fully saturated rings. The van der Waals surface area contributed by atoms with Crippen LogP contribution in [0.2, 0.25) is 0 Å². The molecule has 0 saturated heterocycles. The van der Waals surface area contributed by atoms with E-state index < -0.39 is 16.4 Å². The Labute approximate surface area is 129 Å². The van der Waals surface area contributed by atoms with Crippen molar-refractivity contribution in [3.05, 3.63) is 12.7 Å². The number of unbranched alkanes of at least 4 members (excludes halogenated alkanes) is 9. The molecule has 0 spiro atoms. The zero-order chi connectivity index (χ0) is 16.0. The fourth-order valence-electron chi connectivity index (χ4n) is 1.91. The van der Waals surface area contributed by atoms with Crippen molar-refractivity contribution in [1.29, 1.82) is 0 Å². The highest BCUT2D eigenvalue weighted by Gasteiger charge is 2.15. The highest BCUT2D eigenvalue weighted by Crippen LogP contribution is 2.10. The highest BCUT2D eigenvalue weighted by molar-refractivity contribution is 7.82. The van der Waals surface area contributed by atoms with Crippen LogP contribution in [-0.2, 0) is 23.6 Å². The van der Waals surface area contributed by atoms with Crippen LogP contribution in [0, 0.1) is 0 Å². The molecule has 0 amide bonds. The third-order valence-electron chi connectivity index (χ3n) is 3.08. The van der Waals surface area contributed by atoms with Crippen molar-refractivity contribution in [1.82, 2.24) is 0 Å². The Morgan fingerprint density at radius 2 is 1.43 bits per heavy atom. The molecule has 0 saturated carbocycles. The van der Waals surface area contributed by atoms with Gasteiger partial charge in [0.15, 0.2) is 0 Å². The second-order valence-electron chi connectivity index (χ2n) is 5.02. The van der Waals surface area contributed by atoms with Gasteiger partial charge >= 0.3 is 16.4 Å².